The van der Waals surface area contributed by atoms with Crippen LogP contribution in [0, 0.1) is 0 Å². The molecule has 0 heterocycles. The summed E-state index contributed by atoms with van der Waals surface area (Å²) in [5.41, 5.74) is 0.674. The first-order valence-corrected chi connectivity index (χ1v) is 5.55. The van der Waals surface area contributed by atoms with E-state index in [4.69, 9.17) is 4.55 Å². The van der Waals surface area contributed by atoms with Gasteiger partial charge < -0.3 is 1.43 Å². The van der Waals surface area contributed by atoms with Gasteiger partial charge in [0.05, 0.1) is 4.90 Å². The van der Waals surface area contributed by atoms with Gasteiger partial charge in [-0.15, -0.1) is 0 Å². The zero-order valence-corrected chi connectivity index (χ0v) is 9.21. The van der Waals surface area contributed by atoms with Crippen molar-refractivity contribution < 1.29 is 33.3 Å². The zero-order valence-electron chi connectivity index (χ0n) is 9.40. The minimum atomic E-state index is -4.06. The minimum absolute atomic E-state index is 0. The topological polar surface area (TPSA) is 54.4 Å². The fourth-order valence-corrected chi connectivity index (χ4v) is 1.98. The third-order valence-corrected chi connectivity index (χ3v) is 2.72. The number of aryl methyl sites for hydroxylation is 1. The maximum absolute atomic E-state index is 10.9. The van der Waals surface area contributed by atoms with E-state index in [1.165, 1.54) is 6.07 Å². The van der Waals surface area contributed by atoms with E-state index in [9.17, 15) is 8.42 Å². The molecule has 0 aromatic heterocycles. The molecular formula is C9H13LiO3S. The van der Waals surface area contributed by atoms with E-state index in [2.05, 4.69) is 0 Å². The van der Waals surface area contributed by atoms with Crippen LogP contribution in [0.5, 0.6) is 0 Å². The molecule has 74 valence electrons. The molecule has 0 aliphatic rings. The standard InChI is InChI=1S/C9H12O3S.Li.H/c1-2-5-8-6-3-4-7-9(8)13(10,11)12;;/h3-4,6-7H,2,5H2,1H3,(H,10,11,12);;/q;+1;-1. The fraction of sp³-hybridized carbons (Fsp3) is 0.333. The Kier molecular flexibility index (Phi) is 5.46. The van der Waals surface area contributed by atoms with Crippen LogP contribution >= 0.6 is 0 Å². The molecule has 0 saturated heterocycles. The normalized spacial score (nSPS) is 10.7. The Balaban J connectivity index is 0. The van der Waals surface area contributed by atoms with Crippen LogP contribution in [0.15, 0.2) is 29.2 Å². The Morgan fingerprint density at radius 2 is 1.93 bits per heavy atom. The molecule has 1 aromatic carbocycles. The van der Waals surface area contributed by atoms with Crippen LogP contribution < -0.4 is 18.9 Å². The molecular weight excluding hydrogens is 195 g/mol. The van der Waals surface area contributed by atoms with Crippen molar-refractivity contribution in [2.24, 2.45) is 0 Å². The van der Waals surface area contributed by atoms with Gasteiger partial charge in [0.2, 0.25) is 0 Å². The molecule has 14 heavy (non-hydrogen) atoms. The number of benzene rings is 1. The molecule has 0 spiro atoms. The van der Waals surface area contributed by atoms with Gasteiger partial charge in [0.15, 0.2) is 0 Å². The van der Waals surface area contributed by atoms with Crippen molar-refractivity contribution in [3.05, 3.63) is 29.8 Å². The smallest absolute Gasteiger partial charge is 1.00 e. The second-order valence-corrected chi connectivity index (χ2v) is 4.22. The summed E-state index contributed by atoms with van der Waals surface area (Å²) in [5.74, 6) is 0. The Labute approximate surface area is 97.9 Å². The summed E-state index contributed by atoms with van der Waals surface area (Å²) in [7, 11) is -4.06. The molecule has 5 heteroatoms. The van der Waals surface area contributed by atoms with Gasteiger partial charge in [-0.1, -0.05) is 31.5 Å². The van der Waals surface area contributed by atoms with Crippen LogP contribution in [0.4, 0.5) is 0 Å². The number of hydrogen-bond donors (Lipinski definition) is 1. The predicted octanol–water partition coefficient (Wildman–Crippen LogP) is -0.998. The van der Waals surface area contributed by atoms with Gasteiger partial charge in [0, 0.05) is 0 Å². The van der Waals surface area contributed by atoms with Crippen molar-refractivity contribution in [1.82, 2.24) is 0 Å². The van der Waals surface area contributed by atoms with Crippen molar-refractivity contribution in [3.8, 4) is 0 Å². The van der Waals surface area contributed by atoms with Crippen molar-refractivity contribution in [2.75, 3.05) is 0 Å². The van der Waals surface area contributed by atoms with Crippen molar-refractivity contribution in [3.63, 3.8) is 0 Å². The minimum Gasteiger partial charge on any atom is -1.00 e. The molecule has 1 rings (SSSR count). The van der Waals surface area contributed by atoms with E-state index >= 15 is 0 Å². The van der Waals surface area contributed by atoms with Gasteiger partial charge in [-0.2, -0.15) is 8.42 Å². The summed E-state index contributed by atoms with van der Waals surface area (Å²) in [6, 6.07) is 6.49. The average molecular weight is 208 g/mol. The molecule has 1 N–H and O–H groups in total. The van der Waals surface area contributed by atoms with Gasteiger partial charge in [0.25, 0.3) is 10.1 Å². The molecule has 0 atom stereocenters. The van der Waals surface area contributed by atoms with E-state index in [0.717, 1.165) is 6.42 Å². The molecule has 0 aliphatic carbocycles. The maximum atomic E-state index is 10.9. The Bertz CT molecular complexity index is 392. The van der Waals surface area contributed by atoms with Gasteiger partial charge in [-0.05, 0) is 18.1 Å². The van der Waals surface area contributed by atoms with E-state index in [1.807, 2.05) is 6.92 Å². The molecule has 3 nitrogen and oxygen atoms in total. The summed E-state index contributed by atoms with van der Waals surface area (Å²) in [6.45, 7) is 1.96. The molecule has 1 aromatic rings. The predicted molar refractivity (Wildman–Crippen MR) is 51.4 cm³/mol. The Hall–Kier alpha value is -0.273. The average Bonchev–Trinajstić information content (AvgIpc) is 2.04. The Morgan fingerprint density at radius 1 is 1.36 bits per heavy atom. The summed E-state index contributed by atoms with van der Waals surface area (Å²) >= 11 is 0. The zero-order chi connectivity index (χ0) is 9.90. The van der Waals surface area contributed by atoms with E-state index < -0.39 is 10.1 Å². The van der Waals surface area contributed by atoms with Crippen LogP contribution in [0.3, 0.4) is 0 Å². The molecule has 0 saturated carbocycles. The molecule has 0 radical (unpaired) electrons. The van der Waals surface area contributed by atoms with Crippen LogP contribution in [0.2, 0.25) is 0 Å². The third kappa shape index (κ3) is 3.47. The fourth-order valence-electron chi connectivity index (χ4n) is 1.23. The summed E-state index contributed by atoms with van der Waals surface area (Å²) in [6.07, 6.45) is 1.52. The van der Waals surface area contributed by atoms with Crippen molar-refractivity contribution in [1.29, 1.82) is 0 Å². The van der Waals surface area contributed by atoms with E-state index in [0.29, 0.717) is 12.0 Å². The number of hydrogen-bond acceptors (Lipinski definition) is 2. The second-order valence-electron chi connectivity index (χ2n) is 2.83. The van der Waals surface area contributed by atoms with Crippen LogP contribution in [0.25, 0.3) is 0 Å². The number of rotatable bonds is 3. The van der Waals surface area contributed by atoms with E-state index in [1.54, 1.807) is 18.2 Å². The van der Waals surface area contributed by atoms with Crippen molar-refractivity contribution in [2.45, 2.75) is 24.7 Å². The van der Waals surface area contributed by atoms with Gasteiger partial charge in [-0.3, -0.25) is 4.55 Å². The summed E-state index contributed by atoms with van der Waals surface area (Å²) in [5, 5.41) is 0. The van der Waals surface area contributed by atoms with Gasteiger partial charge >= 0.3 is 18.9 Å². The van der Waals surface area contributed by atoms with Gasteiger partial charge in [-0.25, -0.2) is 0 Å². The molecule has 0 amide bonds. The summed E-state index contributed by atoms with van der Waals surface area (Å²) < 4.78 is 30.6. The first kappa shape index (κ1) is 13.7. The van der Waals surface area contributed by atoms with Crippen LogP contribution in [-0.4, -0.2) is 13.0 Å². The summed E-state index contributed by atoms with van der Waals surface area (Å²) in [4.78, 5) is 0.0249. The second kappa shape index (κ2) is 5.57. The third-order valence-electron chi connectivity index (χ3n) is 1.77. The van der Waals surface area contributed by atoms with Crippen LogP contribution in [0.1, 0.15) is 20.3 Å². The molecule has 0 fully saturated rings. The molecule has 0 bridgehead atoms. The SMILES string of the molecule is CCCc1ccccc1S(=O)(=O)O.[H-].[Li+]. The molecule has 0 unspecified atom stereocenters. The van der Waals surface area contributed by atoms with Crippen molar-refractivity contribution >= 4 is 10.1 Å². The maximum Gasteiger partial charge on any atom is 1.00 e. The first-order valence-electron chi connectivity index (χ1n) is 4.11. The van der Waals surface area contributed by atoms with Gasteiger partial charge in [0.1, 0.15) is 0 Å². The largest absolute Gasteiger partial charge is 1.00 e. The van der Waals surface area contributed by atoms with E-state index in [-0.39, 0.29) is 25.2 Å². The molecule has 0 aliphatic heterocycles. The quantitative estimate of drug-likeness (QED) is 0.512. The van der Waals surface area contributed by atoms with Crippen LogP contribution in [-0.2, 0) is 16.5 Å². The monoisotopic (exact) mass is 208 g/mol. The Morgan fingerprint density at radius 3 is 2.43 bits per heavy atom. The first-order chi connectivity index (χ1) is 6.05.